The molecule has 35 heavy (non-hydrogen) atoms. The molecule has 174 valence electrons. The number of halogens is 1. The fourth-order valence-corrected chi connectivity index (χ4v) is 4.47. The number of thioether (sulfide) groups is 1. The zero-order chi connectivity index (χ0) is 24.5. The van der Waals surface area contributed by atoms with Crippen molar-refractivity contribution in [2.45, 2.75) is 12.1 Å². The van der Waals surface area contributed by atoms with E-state index in [4.69, 9.17) is 0 Å². The summed E-state index contributed by atoms with van der Waals surface area (Å²) in [7, 11) is 0. The van der Waals surface area contributed by atoms with Crippen molar-refractivity contribution in [2.75, 3.05) is 5.75 Å². The average Bonchev–Trinajstić information content (AvgIpc) is 3.16. The van der Waals surface area contributed by atoms with Gasteiger partial charge in [-0.15, -0.1) is 10.2 Å². The molecule has 0 fully saturated rings. The van der Waals surface area contributed by atoms with Crippen LogP contribution in [-0.4, -0.2) is 31.3 Å². The van der Waals surface area contributed by atoms with Crippen molar-refractivity contribution in [1.29, 1.82) is 0 Å². The van der Waals surface area contributed by atoms with Crippen molar-refractivity contribution in [2.24, 2.45) is 10.2 Å². The van der Waals surface area contributed by atoms with E-state index in [0.717, 1.165) is 17.3 Å². The number of hydrogen-bond donors (Lipinski definition) is 2. The van der Waals surface area contributed by atoms with Crippen LogP contribution in [0.25, 0.3) is 27.5 Å². The number of nitrogens with zero attached hydrogens (tertiary/aromatic N) is 4. The summed E-state index contributed by atoms with van der Waals surface area (Å²) in [6.45, 7) is 1.90. The average molecular weight is 488 g/mol. The summed E-state index contributed by atoms with van der Waals surface area (Å²) in [5.74, 6) is -1.60. The zero-order valence-electron chi connectivity index (χ0n) is 18.4. The molecule has 8 nitrogen and oxygen atoms in total. The van der Waals surface area contributed by atoms with Gasteiger partial charge in [-0.25, -0.2) is 9.37 Å². The smallest absolute Gasteiger partial charge is 0.275 e. The van der Waals surface area contributed by atoms with Crippen LogP contribution in [0.5, 0.6) is 5.88 Å². The Morgan fingerprint density at radius 2 is 1.91 bits per heavy atom. The third-order valence-electron chi connectivity index (χ3n) is 5.31. The standard InChI is InChI=1S/C25H18FN5O3S/c1-14-7-9-20-18(11-14)24(34)31(16-5-3-2-4-6-16)25(28-20)35-13-21(32)29-30-22-17-12-15(26)8-10-19(17)27-23(22)33/h2-12,27,33H,13H2,1H3. The van der Waals surface area contributed by atoms with E-state index in [-0.39, 0.29) is 22.9 Å². The fourth-order valence-electron chi connectivity index (χ4n) is 3.68. The van der Waals surface area contributed by atoms with Crippen LogP contribution >= 0.6 is 11.8 Å². The first-order valence-corrected chi connectivity index (χ1v) is 11.6. The van der Waals surface area contributed by atoms with Crippen LogP contribution in [0, 0.1) is 12.7 Å². The summed E-state index contributed by atoms with van der Waals surface area (Å²) in [5.41, 5.74) is 2.27. The van der Waals surface area contributed by atoms with E-state index < -0.39 is 11.7 Å². The lowest BCUT2D eigenvalue weighted by molar-refractivity contribution is -0.115. The molecule has 0 saturated carbocycles. The van der Waals surface area contributed by atoms with Crippen LogP contribution in [0.4, 0.5) is 10.1 Å². The predicted molar refractivity (Wildman–Crippen MR) is 132 cm³/mol. The number of H-pyrrole nitrogens is 1. The minimum Gasteiger partial charge on any atom is -0.493 e. The maximum Gasteiger partial charge on any atom is 0.275 e. The van der Waals surface area contributed by atoms with E-state index in [9.17, 15) is 19.1 Å². The van der Waals surface area contributed by atoms with Crippen molar-refractivity contribution in [3.63, 3.8) is 0 Å². The second-order valence-corrected chi connectivity index (χ2v) is 8.73. The number of nitrogens with one attached hydrogen (secondary N) is 1. The highest BCUT2D eigenvalue weighted by Crippen LogP contribution is 2.35. The maximum absolute atomic E-state index is 13.6. The van der Waals surface area contributed by atoms with Crippen molar-refractivity contribution < 1.29 is 14.3 Å². The van der Waals surface area contributed by atoms with Gasteiger partial charge >= 0.3 is 0 Å². The van der Waals surface area contributed by atoms with Gasteiger partial charge in [0, 0.05) is 5.39 Å². The Labute approximate surface area is 202 Å². The minimum absolute atomic E-state index is 0.0294. The molecule has 0 radical (unpaired) electrons. The van der Waals surface area contributed by atoms with E-state index in [1.165, 1.54) is 22.8 Å². The van der Waals surface area contributed by atoms with Crippen LogP contribution in [-0.2, 0) is 4.79 Å². The molecule has 5 aromatic rings. The third-order valence-corrected chi connectivity index (χ3v) is 6.23. The molecule has 1 amide bonds. The van der Waals surface area contributed by atoms with Crippen LogP contribution in [0.3, 0.4) is 0 Å². The number of rotatable bonds is 5. The van der Waals surface area contributed by atoms with Crippen LogP contribution in [0.15, 0.2) is 86.9 Å². The van der Waals surface area contributed by atoms with Gasteiger partial charge in [-0.1, -0.05) is 41.6 Å². The first kappa shape index (κ1) is 22.5. The number of aromatic nitrogens is 3. The Kier molecular flexibility index (Phi) is 5.87. The summed E-state index contributed by atoms with van der Waals surface area (Å²) < 4.78 is 15.1. The number of aromatic amines is 1. The maximum atomic E-state index is 13.6. The largest absolute Gasteiger partial charge is 0.493 e. The highest BCUT2D eigenvalue weighted by Gasteiger charge is 2.16. The topological polar surface area (TPSA) is 113 Å². The minimum atomic E-state index is -0.613. The van der Waals surface area contributed by atoms with Gasteiger partial charge in [0.1, 0.15) is 5.82 Å². The summed E-state index contributed by atoms with van der Waals surface area (Å²) in [5, 5.41) is 18.7. The number of benzene rings is 3. The lowest BCUT2D eigenvalue weighted by Gasteiger charge is -2.12. The molecule has 0 unspecified atom stereocenters. The van der Waals surface area contributed by atoms with Crippen molar-refractivity contribution >= 4 is 45.2 Å². The molecular weight excluding hydrogens is 469 g/mol. The van der Waals surface area contributed by atoms with E-state index in [0.29, 0.717) is 32.6 Å². The predicted octanol–water partition coefficient (Wildman–Crippen LogP) is 5.42. The lowest BCUT2D eigenvalue weighted by Crippen LogP contribution is -2.22. The van der Waals surface area contributed by atoms with Gasteiger partial charge in [-0.05, 0) is 49.4 Å². The van der Waals surface area contributed by atoms with Crippen molar-refractivity contribution in [3.8, 4) is 11.6 Å². The monoisotopic (exact) mass is 487 g/mol. The lowest BCUT2D eigenvalue weighted by atomic mass is 10.1. The van der Waals surface area contributed by atoms with Crippen LogP contribution < -0.4 is 5.56 Å². The summed E-state index contributed by atoms with van der Waals surface area (Å²) in [4.78, 5) is 33.1. The summed E-state index contributed by atoms with van der Waals surface area (Å²) >= 11 is 1.05. The van der Waals surface area contributed by atoms with Gasteiger partial charge < -0.3 is 10.1 Å². The van der Waals surface area contributed by atoms with Gasteiger partial charge in [0.2, 0.25) is 5.88 Å². The second kappa shape index (κ2) is 9.15. The van der Waals surface area contributed by atoms with E-state index in [2.05, 4.69) is 20.2 Å². The molecule has 0 atom stereocenters. The Bertz CT molecular complexity index is 1680. The number of amides is 1. The van der Waals surface area contributed by atoms with Gasteiger partial charge in [0.05, 0.1) is 27.9 Å². The van der Waals surface area contributed by atoms with Gasteiger partial charge in [-0.3, -0.25) is 14.2 Å². The van der Waals surface area contributed by atoms with E-state index in [1.54, 1.807) is 24.3 Å². The molecule has 0 bridgehead atoms. The summed E-state index contributed by atoms with van der Waals surface area (Å²) in [6.07, 6.45) is 0. The Morgan fingerprint density at radius 1 is 1.11 bits per heavy atom. The number of hydrogen-bond acceptors (Lipinski definition) is 6. The molecule has 2 N–H and O–H groups in total. The van der Waals surface area contributed by atoms with Gasteiger partial charge in [0.15, 0.2) is 10.8 Å². The first-order valence-electron chi connectivity index (χ1n) is 10.6. The first-order chi connectivity index (χ1) is 16.9. The second-order valence-electron chi connectivity index (χ2n) is 7.79. The number of para-hydroxylation sites is 1. The molecule has 5 rings (SSSR count). The Hall–Kier alpha value is -4.31. The Morgan fingerprint density at radius 3 is 2.71 bits per heavy atom. The molecular formula is C25H18FN5O3S. The summed E-state index contributed by atoms with van der Waals surface area (Å²) in [6, 6.07) is 18.4. The van der Waals surface area contributed by atoms with E-state index in [1.807, 2.05) is 31.2 Å². The molecule has 0 spiro atoms. The molecule has 3 aromatic carbocycles. The van der Waals surface area contributed by atoms with Crippen molar-refractivity contribution in [1.82, 2.24) is 14.5 Å². The molecule has 0 aliphatic rings. The highest BCUT2D eigenvalue weighted by atomic mass is 32.2. The molecule has 2 aromatic heterocycles. The molecule has 0 saturated heterocycles. The molecule has 10 heteroatoms. The molecule has 2 heterocycles. The number of aryl methyl sites for hydroxylation is 1. The van der Waals surface area contributed by atoms with Crippen LogP contribution in [0.2, 0.25) is 0 Å². The SMILES string of the molecule is Cc1ccc2nc(SCC(=O)N=Nc3c(O)[nH]c4ccc(F)cc34)n(-c3ccccc3)c(=O)c2c1. The zero-order valence-corrected chi connectivity index (χ0v) is 19.2. The number of carbonyl (C=O) groups is 1. The fraction of sp³-hybridized carbons (Fsp3) is 0.0800. The van der Waals surface area contributed by atoms with Gasteiger partial charge in [0.25, 0.3) is 11.5 Å². The quantitative estimate of drug-likeness (QED) is 0.195. The van der Waals surface area contributed by atoms with E-state index >= 15 is 0 Å². The normalized spacial score (nSPS) is 11.6. The van der Waals surface area contributed by atoms with Gasteiger partial charge in [-0.2, -0.15) is 0 Å². The number of azo groups is 1. The molecule has 0 aliphatic heterocycles. The molecule has 0 aliphatic carbocycles. The highest BCUT2D eigenvalue weighted by molar-refractivity contribution is 7.99. The number of fused-ring (bicyclic) bond motifs is 2. The Balaban J connectivity index is 1.46. The van der Waals surface area contributed by atoms with Crippen LogP contribution in [0.1, 0.15) is 5.56 Å². The third kappa shape index (κ3) is 4.43. The van der Waals surface area contributed by atoms with Crippen molar-refractivity contribution in [3.05, 3.63) is 88.5 Å². The number of carbonyl (C=O) groups excluding carboxylic acids is 1. The number of aromatic hydroxyl groups is 1.